The van der Waals surface area contributed by atoms with Gasteiger partial charge in [-0.15, -0.1) is 0 Å². The highest BCUT2D eigenvalue weighted by Crippen LogP contribution is 2.39. The zero-order valence-corrected chi connectivity index (χ0v) is 22.2. The molecule has 2 aromatic rings. The van der Waals surface area contributed by atoms with E-state index in [4.69, 9.17) is 21.1 Å². The van der Waals surface area contributed by atoms with Crippen molar-refractivity contribution in [1.29, 1.82) is 0 Å². The van der Waals surface area contributed by atoms with Crippen molar-refractivity contribution in [2.45, 2.75) is 31.0 Å². The maximum atomic E-state index is 14.3. The van der Waals surface area contributed by atoms with Crippen LogP contribution in [0.5, 0.6) is 0 Å². The molecule has 222 valence electrons. The highest BCUT2D eigenvalue weighted by molar-refractivity contribution is 6.32. The number of alkyl halides is 6. The molecule has 0 aromatic heterocycles. The predicted octanol–water partition coefficient (Wildman–Crippen LogP) is 5.18. The van der Waals surface area contributed by atoms with Gasteiger partial charge in [0, 0.05) is 47.5 Å². The number of hydrogen-bond acceptors (Lipinski definition) is 7. The van der Waals surface area contributed by atoms with Crippen LogP contribution in [0.4, 0.5) is 26.3 Å². The summed E-state index contributed by atoms with van der Waals surface area (Å²) >= 11 is 6.47. The van der Waals surface area contributed by atoms with E-state index < -0.39 is 42.2 Å². The van der Waals surface area contributed by atoms with Crippen LogP contribution in [0.2, 0.25) is 5.02 Å². The number of ether oxygens (including phenoxy) is 2. The Balaban J connectivity index is 1.63. The third-order valence-corrected chi connectivity index (χ3v) is 7.40. The maximum absolute atomic E-state index is 14.3. The lowest BCUT2D eigenvalue weighted by atomic mass is 9.93. The first-order valence-corrected chi connectivity index (χ1v) is 13.2. The Hall–Kier alpha value is -2.97. The lowest BCUT2D eigenvalue weighted by molar-refractivity contribution is -0.143. The lowest BCUT2D eigenvalue weighted by Crippen LogP contribution is -2.50. The molecule has 0 aliphatic carbocycles. The summed E-state index contributed by atoms with van der Waals surface area (Å²) in [5.74, 6) is 0.239. The molecule has 0 saturated carbocycles. The van der Waals surface area contributed by atoms with Gasteiger partial charge in [0.1, 0.15) is 0 Å². The Labute approximate surface area is 236 Å². The minimum absolute atomic E-state index is 0.0656. The molecule has 3 aliphatic rings. The van der Waals surface area contributed by atoms with E-state index >= 15 is 0 Å². The zero-order chi connectivity index (χ0) is 29.4. The second kappa shape index (κ2) is 11.7. The molecule has 2 N–H and O–H groups in total. The number of hydrogen-bond donors (Lipinski definition) is 2. The second-order valence-electron chi connectivity index (χ2n) is 9.78. The molecule has 7 nitrogen and oxygen atoms in total. The van der Waals surface area contributed by atoms with E-state index in [1.54, 1.807) is 30.3 Å². The molecule has 1 fully saturated rings. The number of hydroxylamine groups is 2. The number of rotatable bonds is 4. The fourth-order valence-corrected chi connectivity index (χ4v) is 5.28. The van der Waals surface area contributed by atoms with Gasteiger partial charge >= 0.3 is 12.4 Å². The van der Waals surface area contributed by atoms with Crippen LogP contribution in [0, 0.1) is 5.21 Å². The van der Waals surface area contributed by atoms with Crippen LogP contribution >= 0.6 is 11.6 Å². The average molecular weight is 604 g/mol. The Morgan fingerprint density at radius 3 is 2.27 bits per heavy atom. The number of nitrogens with one attached hydrogen (secondary N) is 2. The van der Waals surface area contributed by atoms with E-state index in [1.165, 1.54) is 0 Å². The number of nitrogens with zero attached hydrogens (tertiary/aromatic N) is 2. The largest absolute Gasteiger partial charge is 0.758 e. The quantitative estimate of drug-likeness (QED) is 0.467. The van der Waals surface area contributed by atoms with Crippen molar-refractivity contribution in [3.05, 3.63) is 92.5 Å². The maximum Gasteiger partial charge on any atom is 0.416 e. The minimum Gasteiger partial charge on any atom is -0.758 e. The van der Waals surface area contributed by atoms with Crippen molar-refractivity contribution in [1.82, 2.24) is 20.6 Å². The summed E-state index contributed by atoms with van der Waals surface area (Å²) in [6, 6.07) is 6.66. The first-order valence-electron chi connectivity index (χ1n) is 12.8. The zero-order valence-electron chi connectivity index (χ0n) is 21.5. The monoisotopic (exact) mass is 603 g/mol. The highest BCUT2D eigenvalue weighted by atomic mass is 35.5. The van der Waals surface area contributed by atoms with Crippen LogP contribution in [0.3, 0.4) is 0 Å². The van der Waals surface area contributed by atoms with E-state index in [9.17, 15) is 31.5 Å². The van der Waals surface area contributed by atoms with Gasteiger partial charge in [0.15, 0.2) is 12.1 Å². The number of benzene rings is 2. The van der Waals surface area contributed by atoms with E-state index in [0.717, 1.165) is 0 Å². The van der Waals surface area contributed by atoms with E-state index in [2.05, 4.69) is 10.6 Å². The van der Waals surface area contributed by atoms with Gasteiger partial charge in [0.05, 0.1) is 31.0 Å². The van der Waals surface area contributed by atoms with Crippen molar-refractivity contribution in [3.63, 3.8) is 0 Å². The fourth-order valence-electron chi connectivity index (χ4n) is 5.05. The molecule has 3 heterocycles. The summed E-state index contributed by atoms with van der Waals surface area (Å²) in [6.07, 6.45) is -9.67. The summed E-state index contributed by atoms with van der Waals surface area (Å²) in [4.78, 5) is 1.96. The van der Waals surface area contributed by atoms with Crippen molar-refractivity contribution < 1.29 is 35.8 Å². The summed E-state index contributed by atoms with van der Waals surface area (Å²) in [5.41, 5.74) is -2.43. The standard InChI is InChI=1S/C27H26ClF6N4O3/c28-21-4-2-1-3-19(21)23-13-24(37-5-7-40-8-6-37)41-25-20(14-35-15-36-25)22(38(23)39)11-16-9-17(26(29,30)31)12-18(10-16)27(32,33)34/h1-4,9-10,12-13,22,24,35-36H,5-8,11,14-15H2/q-1/b23-13-. The van der Waals surface area contributed by atoms with Crippen molar-refractivity contribution >= 4 is 17.3 Å². The molecule has 2 atom stereocenters. The molecule has 14 heteroatoms. The van der Waals surface area contributed by atoms with Gasteiger partial charge in [-0.1, -0.05) is 29.8 Å². The van der Waals surface area contributed by atoms with Gasteiger partial charge in [-0.3, -0.25) is 10.2 Å². The smallest absolute Gasteiger partial charge is 0.416 e. The Kier molecular flexibility index (Phi) is 8.44. The van der Waals surface area contributed by atoms with Crippen LogP contribution in [0.25, 0.3) is 5.70 Å². The lowest BCUT2D eigenvalue weighted by Gasteiger charge is -2.47. The average Bonchev–Trinajstić information content (AvgIpc) is 2.93. The molecule has 2 aromatic carbocycles. The molecule has 0 bridgehead atoms. The molecular formula is C27H26ClF6N4O3-. The summed E-state index contributed by atoms with van der Waals surface area (Å²) in [6.45, 7) is 2.29. The molecule has 2 unspecified atom stereocenters. The molecule has 0 spiro atoms. The Bertz CT molecular complexity index is 1290. The fraction of sp³-hybridized carbons (Fsp3) is 0.407. The van der Waals surface area contributed by atoms with Gasteiger partial charge in [0.2, 0.25) is 0 Å². The van der Waals surface area contributed by atoms with Crippen molar-refractivity contribution in [2.24, 2.45) is 0 Å². The van der Waals surface area contributed by atoms with Crippen molar-refractivity contribution in [2.75, 3.05) is 39.5 Å². The third kappa shape index (κ3) is 6.59. The van der Waals surface area contributed by atoms with E-state index in [1.807, 2.05) is 4.90 Å². The normalized spacial score (nSPS) is 24.0. The summed E-state index contributed by atoms with van der Waals surface area (Å²) in [7, 11) is 0. The Morgan fingerprint density at radius 1 is 0.976 bits per heavy atom. The van der Waals surface area contributed by atoms with Crippen LogP contribution in [0.15, 0.2) is 60.0 Å². The molecule has 41 heavy (non-hydrogen) atoms. The minimum atomic E-state index is -5.02. The van der Waals surface area contributed by atoms with Crippen LogP contribution in [-0.4, -0.2) is 61.7 Å². The predicted molar refractivity (Wildman–Crippen MR) is 139 cm³/mol. The van der Waals surface area contributed by atoms with Gasteiger partial charge in [-0.05, 0) is 42.3 Å². The van der Waals surface area contributed by atoms with Gasteiger partial charge in [0.25, 0.3) is 0 Å². The molecule has 0 radical (unpaired) electrons. The molecule has 5 rings (SSSR count). The second-order valence-corrected chi connectivity index (χ2v) is 10.2. The van der Waals surface area contributed by atoms with Gasteiger partial charge < -0.3 is 25.1 Å². The van der Waals surface area contributed by atoms with Gasteiger partial charge in [-0.25, -0.2) is 0 Å². The SMILES string of the molecule is [O-]N1/C(c2ccccc2Cl)=C\C(N2CCOCC2)OC2=C(CNCN2)C1Cc1cc(C(F)(F)F)cc(C(F)(F)F)c1. The van der Waals surface area contributed by atoms with Crippen LogP contribution in [-0.2, 0) is 28.2 Å². The van der Waals surface area contributed by atoms with Crippen LogP contribution in [0.1, 0.15) is 22.3 Å². The highest BCUT2D eigenvalue weighted by Gasteiger charge is 2.38. The number of halogens is 7. The topological polar surface area (TPSA) is 72.1 Å². The van der Waals surface area contributed by atoms with E-state index in [0.29, 0.717) is 54.6 Å². The Morgan fingerprint density at radius 2 is 1.63 bits per heavy atom. The molecule has 3 aliphatic heterocycles. The summed E-state index contributed by atoms with van der Waals surface area (Å²) < 4.78 is 93.4. The first kappa shape index (κ1) is 29.5. The van der Waals surface area contributed by atoms with Gasteiger partial charge in [-0.2, -0.15) is 26.3 Å². The molecule has 1 saturated heterocycles. The molecular weight excluding hydrogens is 578 g/mol. The summed E-state index contributed by atoms with van der Waals surface area (Å²) in [5, 5.41) is 21.2. The van der Waals surface area contributed by atoms with Crippen molar-refractivity contribution in [3.8, 4) is 0 Å². The number of morpholine rings is 1. The van der Waals surface area contributed by atoms with E-state index in [-0.39, 0.29) is 41.4 Å². The van der Waals surface area contributed by atoms with Crippen LogP contribution < -0.4 is 10.6 Å². The first-order chi connectivity index (χ1) is 19.4. The third-order valence-electron chi connectivity index (χ3n) is 7.07. The molecule has 0 amide bonds.